The van der Waals surface area contributed by atoms with E-state index >= 15 is 0 Å². The van der Waals surface area contributed by atoms with Crippen molar-refractivity contribution in [1.29, 1.82) is 0 Å². The minimum atomic E-state index is -0.494. The van der Waals surface area contributed by atoms with Crippen molar-refractivity contribution in [2.45, 2.75) is 25.3 Å². The highest BCUT2D eigenvalue weighted by Gasteiger charge is 2.29. The first kappa shape index (κ1) is 19.2. The summed E-state index contributed by atoms with van der Waals surface area (Å²) in [5.41, 5.74) is 1.20. The number of carbonyl (C=O) groups excluding carboxylic acids is 1. The second kappa shape index (κ2) is 8.48. The van der Waals surface area contributed by atoms with Crippen molar-refractivity contribution in [2.24, 2.45) is 0 Å². The Hall–Kier alpha value is -3.13. The van der Waals surface area contributed by atoms with Gasteiger partial charge in [0.05, 0.1) is 24.7 Å². The third-order valence-corrected chi connectivity index (χ3v) is 5.24. The average molecular weight is 397 g/mol. The van der Waals surface area contributed by atoms with Gasteiger partial charge in [0.2, 0.25) is 5.91 Å². The Kier molecular flexibility index (Phi) is 5.62. The highest BCUT2D eigenvalue weighted by atomic mass is 16.6. The molecule has 1 saturated heterocycles. The van der Waals surface area contributed by atoms with Crippen molar-refractivity contribution in [2.75, 3.05) is 31.6 Å². The third-order valence-electron chi connectivity index (χ3n) is 5.24. The highest BCUT2D eigenvalue weighted by Crippen LogP contribution is 2.37. The number of amides is 1. The minimum Gasteiger partial charge on any atom is -0.490 e. The predicted molar refractivity (Wildman–Crippen MR) is 107 cm³/mol. The van der Waals surface area contributed by atoms with E-state index in [1.807, 2.05) is 18.2 Å². The lowest BCUT2D eigenvalue weighted by atomic mass is 10.0. The number of ether oxygens (including phenoxy) is 2. The number of benzene rings is 2. The summed E-state index contributed by atoms with van der Waals surface area (Å²) >= 11 is 0. The van der Waals surface area contributed by atoms with Gasteiger partial charge in [-0.2, -0.15) is 0 Å². The van der Waals surface area contributed by atoms with Crippen LogP contribution in [0.25, 0.3) is 0 Å². The number of para-hydroxylation sites is 2. The molecule has 0 unspecified atom stereocenters. The number of nitro benzene ring substituents is 1. The zero-order valence-corrected chi connectivity index (χ0v) is 16.0. The Balaban J connectivity index is 1.46. The number of carbonyl (C=O) groups is 1. The first-order valence-corrected chi connectivity index (χ1v) is 9.78. The SMILES string of the molecule is O=C(CN1CCC[C@H]1c1ccc2c(c1)OCCCO2)Nc1ccccc1[N+](=O)[O-]. The number of likely N-dealkylation sites (tertiary alicyclic amines) is 1. The second-order valence-corrected chi connectivity index (χ2v) is 7.21. The molecule has 0 bridgehead atoms. The van der Waals surface area contributed by atoms with Crippen molar-refractivity contribution < 1.29 is 19.2 Å². The molecule has 2 aliphatic heterocycles. The first-order valence-electron chi connectivity index (χ1n) is 9.78. The van der Waals surface area contributed by atoms with E-state index < -0.39 is 4.92 Å². The van der Waals surface area contributed by atoms with Gasteiger partial charge in [0.15, 0.2) is 11.5 Å². The molecule has 1 fully saturated rings. The molecular weight excluding hydrogens is 374 g/mol. The van der Waals surface area contributed by atoms with Crippen LogP contribution in [0.4, 0.5) is 11.4 Å². The smallest absolute Gasteiger partial charge is 0.292 e. The predicted octanol–water partition coefficient (Wildman–Crippen LogP) is 3.53. The van der Waals surface area contributed by atoms with E-state index in [4.69, 9.17) is 9.47 Å². The maximum Gasteiger partial charge on any atom is 0.292 e. The molecule has 29 heavy (non-hydrogen) atoms. The molecular formula is C21H23N3O5. The number of anilines is 1. The molecule has 2 aromatic carbocycles. The number of hydrogen-bond donors (Lipinski definition) is 1. The van der Waals surface area contributed by atoms with Crippen molar-refractivity contribution in [3.63, 3.8) is 0 Å². The van der Waals surface area contributed by atoms with Crippen molar-refractivity contribution in [1.82, 2.24) is 4.90 Å². The van der Waals surface area contributed by atoms with Crippen LogP contribution in [0.5, 0.6) is 11.5 Å². The number of hydrogen-bond acceptors (Lipinski definition) is 6. The van der Waals surface area contributed by atoms with E-state index in [9.17, 15) is 14.9 Å². The fourth-order valence-electron chi connectivity index (χ4n) is 3.89. The molecule has 2 aromatic rings. The number of fused-ring (bicyclic) bond motifs is 1. The molecule has 0 aliphatic carbocycles. The maximum atomic E-state index is 12.6. The molecule has 2 aliphatic rings. The van der Waals surface area contributed by atoms with E-state index in [2.05, 4.69) is 10.2 Å². The molecule has 0 radical (unpaired) electrons. The van der Waals surface area contributed by atoms with Gasteiger partial charge in [-0.3, -0.25) is 19.8 Å². The van der Waals surface area contributed by atoms with Gasteiger partial charge in [-0.05, 0) is 43.1 Å². The average Bonchev–Trinajstić information content (AvgIpc) is 3.03. The van der Waals surface area contributed by atoms with Crippen molar-refractivity contribution in [3.05, 3.63) is 58.1 Å². The molecule has 1 N–H and O–H groups in total. The van der Waals surface area contributed by atoms with Gasteiger partial charge >= 0.3 is 0 Å². The molecule has 2 heterocycles. The molecule has 8 nitrogen and oxygen atoms in total. The summed E-state index contributed by atoms with van der Waals surface area (Å²) in [6.45, 7) is 2.24. The molecule has 8 heteroatoms. The summed E-state index contributed by atoms with van der Waals surface area (Å²) in [7, 11) is 0. The Morgan fingerprint density at radius 3 is 2.76 bits per heavy atom. The summed E-state index contributed by atoms with van der Waals surface area (Å²) in [6.07, 6.45) is 2.78. The highest BCUT2D eigenvalue weighted by molar-refractivity contribution is 5.94. The molecule has 0 spiro atoms. The van der Waals surface area contributed by atoms with E-state index in [1.54, 1.807) is 18.2 Å². The molecule has 4 rings (SSSR count). The minimum absolute atomic E-state index is 0.101. The van der Waals surface area contributed by atoms with Gasteiger partial charge in [-0.25, -0.2) is 0 Å². The van der Waals surface area contributed by atoms with Crippen LogP contribution in [0.3, 0.4) is 0 Å². The first-order chi connectivity index (χ1) is 14.1. The van der Waals surface area contributed by atoms with Crippen molar-refractivity contribution >= 4 is 17.3 Å². The Morgan fingerprint density at radius 1 is 1.14 bits per heavy atom. The molecule has 0 saturated carbocycles. The van der Waals surface area contributed by atoms with E-state index in [1.165, 1.54) is 6.07 Å². The Morgan fingerprint density at radius 2 is 1.93 bits per heavy atom. The third kappa shape index (κ3) is 4.32. The lowest BCUT2D eigenvalue weighted by molar-refractivity contribution is -0.383. The monoisotopic (exact) mass is 397 g/mol. The molecule has 1 amide bonds. The normalized spacial score (nSPS) is 18.8. The van der Waals surface area contributed by atoms with E-state index in [0.717, 1.165) is 42.9 Å². The van der Waals surface area contributed by atoms with Crippen LogP contribution in [0.2, 0.25) is 0 Å². The number of nitrogens with one attached hydrogen (secondary N) is 1. The van der Waals surface area contributed by atoms with Gasteiger partial charge in [-0.15, -0.1) is 0 Å². The summed E-state index contributed by atoms with van der Waals surface area (Å²) in [6, 6.07) is 12.2. The van der Waals surface area contributed by atoms with Crippen LogP contribution < -0.4 is 14.8 Å². The summed E-state index contributed by atoms with van der Waals surface area (Å²) in [5.74, 6) is 1.24. The van der Waals surface area contributed by atoms with Crippen LogP contribution in [0.1, 0.15) is 30.9 Å². The summed E-state index contributed by atoms with van der Waals surface area (Å²) in [5, 5.41) is 13.8. The van der Waals surface area contributed by atoms with Crippen LogP contribution in [0, 0.1) is 10.1 Å². The van der Waals surface area contributed by atoms with Crippen molar-refractivity contribution in [3.8, 4) is 11.5 Å². The zero-order chi connectivity index (χ0) is 20.2. The van der Waals surface area contributed by atoms with Gasteiger partial charge in [-0.1, -0.05) is 18.2 Å². The summed E-state index contributed by atoms with van der Waals surface area (Å²) < 4.78 is 11.5. The lowest BCUT2D eigenvalue weighted by Crippen LogP contribution is -2.33. The van der Waals surface area contributed by atoms with Gasteiger partial charge < -0.3 is 14.8 Å². The molecule has 152 valence electrons. The topological polar surface area (TPSA) is 93.9 Å². The van der Waals surface area contributed by atoms with E-state index in [-0.39, 0.29) is 29.9 Å². The molecule has 1 atom stereocenters. The summed E-state index contributed by atoms with van der Waals surface area (Å²) in [4.78, 5) is 25.3. The Labute approximate surface area is 168 Å². The van der Waals surface area contributed by atoms with Gasteiger partial charge in [0.25, 0.3) is 5.69 Å². The largest absolute Gasteiger partial charge is 0.490 e. The quantitative estimate of drug-likeness (QED) is 0.613. The van der Waals surface area contributed by atoms with E-state index in [0.29, 0.717) is 13.2 Å². The lowest BCUT2D eigenvalue weighted by Gasteiger charge is -2.25. The number of nitrogens with zero attached hydrogens (tertiary/aromatic N) is 2. The fraction of sp³-hybridized carbons (Fsp3) is 0.381. The van der Waals surface area contributed by atoms with Gasteiger partial charge in [0.1, 0.15) is 5.69 Å². The second-order valence-electron chi connectivity index (χ2n) is 7.21. The fourth-order valence-corrected chi connectivity index (χ4v) is 3.89. The molecule has 0 aromatic heterocycles. The van der Waals surface area contributed by atoms with Gasteiger partial charge in [0, 0.05) is 18.5 Å². The van der Waals surface area contributed by atoms with Crippen LogP contribution in [-0.4, -0.2) is 42.0 Å². The van der Waals surface area contributed by atoms with Crippen LogP contribution in [-0.2, 0) is 4.79 Å². The van der Waals surface area contributed by atoms with Crippen LogP contribution >= 0.6 is 0 Å². The standard InChI is InChI=1S/C21H23N3O5/c25-21(22-16-5-1-2-6-18(16)24(26)27)14-23-10-3-7-17(23)15-8-9-19-20(13-15)29-12-4-11-28-19/h1-2,5-6,8-9,13,17H,3-4,7,10-12,14H2,(H,22,25)/t17-/m0/s1. The maximum absolute atomic E-state index is 12.6. The van der Waals surface area contributed by atoms with Crippen LogP contribution in [0.15, 0.2) is 42.5 Å². The number of rotatable bonds is 5. The zero-order valence-electron chi connectivity index (χ0n) is 16.0. The number of nitro groups is 1. The Bertz CT molecular complexity index is 917.